The highest BCUT2D eigenvalue weighted by Crippen LogP contribution is 2.33. The summed E-state index contributed by atoms with van der Waals surface area (Å²) in [4.78, 5) is 16.1. The first kappa shape index (κ1) is 16.5. The van der Waals surface area contributed by atoms with E-state index in [1.54, 1.807) is 0 Å². The van der Waals surface area contributed by atoms with Gasteiger partial charge in [0.05, 0.1) is 6.61 Å². The number of piperidine rings is 1. The maximum Gasteiger partial charge on any atom is 0.222 e. The molecular weight excluding hydrogens is 264 g/mol. The minimum absolute atomic E-state index is 0.0184. The van der Waals surface area contributed by atoms with Crippen LogP contribution < -0.4 is 0 Å². The maximum absolute atomic E-state index is 11.7. The van der Waals surface area contributed by atoms with Gasteiger partial charge in [0.15, 0.2) is 0 Å². The summed E-state index contributed by atoms with van der Waals surface area (Å²) in [5.74, 6) is 0.310. The highest BCUT2D eigenvalue weighted by atomic mass is 16.3. The number of carbonyl (C=O) groups is 1. The van der Waals surface area contributed by atoms with Gasteiger partial charge in [-0.2, -0.15) is 0 Å². The second-order valence-electron chi connectivity index (χ2n) is 7.01. The number of rotatable bonds is 6. The van der Waals surface area contributed by atoms with Crippen molar-refractivity contribution in [3.63, 3.8) is 0 Å². The molecule has 2 saturated heterocycles. The number of carbonyl (C=O) groups excluding carboxylic acids is 1. The van der Waals surface area contributed by atoms with Gasteiger partial charge in [0.25, 0.3) is 0 Å². The third-order valence-electron chi connectivity index (χ3n) is 4.88. The van der Waals surface area contributed by atoms with E-state index in [0.717, 1.165) is 64.8 Å². The molecule has 120 valence electrons. The monoisotopic (exact) mass is 294 g/mol. The van der Waals surface area contributed by atoms with Crippen LogP contribution in [0.3, 0.4) is 0 Å². The van der Waals surface area contributed by atoms with E-state index in [-0.39, 0.29) is 12.0 Å². The first-order valence-corrected chi connectivity index (χ1v) is 8.29. The number of amides is 1. The second kappa shape index (κ2) is 7.41. The Morgan fingerprint density at radius 1 is 1.29 bits per heavy atom. The van der Waals surface area contributed by atoms with Crippen molar-refractivity contribution < 1.29 is 9.90 Å². The van der Waals surface area contributed by atoms with E-state index in [0.29, 0.717) is 5.91 Å². The summed E-state index contributed by atoms with van der Waals surface area (Å²) in [7, 11) is 0. The second-order valence-corrected chi connectivity index (χ2v) is 7.01. The third kappa shape index (κ3) is 4.55. The predicted octanol–water partition coefficient (Wildman–Crippen LogP) is 2.04. The van der Waals surface area contributed by atoms with Crippen LogP contribution in [0, 0.1) is 5.41 Å². The Bertz CT molecular complexity index is 390. The molecule has 0 aliphatic carbocycles. The molecule has 0 aromatic heterocycles. The molecule has 1 unspecified atom stereocenters. The Hall–Kier alpha value is -0.870. The quantitative estimate of drug-likeness (QED) is 0.762. The molecule has 0 aromatic rings. The number of aliphatic hydroxyl groups is 1. The molecule has 0 aromatic carbocycles. The summed E-state index contributed by atoms with van der Waals surface area (Å²) in [6, 6.07) is 0. The van der Waals surface area contributed by atoms with Gasteiger partial charge < -0.3 is 14.9 Å². The Balaban J connectivity index is 1.86. The van der Waals surface area contributed by atoms with Crippen molar-refractivity contribution in [3.05, 3.63) is 11.6 Å². The Morgan fingerprint density at radius 3 is 2.71 bits per heavy atom. The standard InChI is InChI=1S/C17H30N2O2/c1-15(2)6-8-17(14-20)7-4-9-18(13-17)11-12-19-10-3-5-16(19)21/h6,20H,3-5,7-14H2,1-2H3. The third-order valence-corrected chi connectivity index (χ3v) is 4.88. The molecule has 2 fully saturated rings. The highest BCUT2D eigenvalue weighted by Gasteiger charge is 2.34. The molecule has 2 heterocycles. The number of hydrogen-bond acceptors (Lipinski definition) is 3. The molecule has 0 bridgehead atoms. The van der Waals surface area contributed by atoms with Crippen molar-refractivity contribution >= 4 is 5.91 Å². The fourth-order valence-corrected chi connectivity index (χ4v) is 3.48. The maximum atomic E-state index is 11.7. The summed E-state index contributed by atoms with van der Waals surface area (Å²) in [6.07, 6.45) is 7.20. The summed E-state index contributed by atoms with van der Waals surface area (Å²) in [6.45, 7) is 9.26. The van der Waals surface area contributed by atoms with Crippen LogP contribution in [-0.4, -0.2) is 60.1 Å². The average molecular weight is 294 g/mol. The van der Waals surface area contributed by atoms with Crippen LogP contribution in [0.2, 0.25) is 0 Å². The topological polar surface area (TPSA) is 43.8 Å². The van der Waals surface area contributed by atoms with Gasteiger partial charge in [-0.15, -0.1) is 0 Å². The lowest BCUT2D eigenvalue weighted by atomic mass is 9.77. The molecule has 1 N–H and O–H groups in total. The van der Waals surface area contributed by atoms with Crippen molar-refractivity contribution in [2.75, 3.05) is 39.3 Å². The van der Waals surface area contributed by atoms with Gasteiger partial charge in [-0.05, 0) is 46.1 Å². The number of nitrogens with zero attached hydrogens (tertiary/aromatic N) is 2. The van der Waals surface area contributed by atoms with E-state index < -0.39 is 0 Å². The van der Waals surface area contributed by atoms with E-state index in [1.807, 2.05) is 4.90 Å². The van der Waals surface area contributed by atoms with Crippen molar-refractivity contribution in [2.45, 2.75) is 46.0 Å². The molecule has 21 heavy (non-hydrogen) atoms. The minimum Gasteiger partial charge on any atom is -0.396 e. The number of allylic oxidation sites excluding steroid dienone is 2. The zero-order valence-corrected chi connectivity index (χ0v) is 13.6. The van der Waals surface area contributed by atoms with Gasteiger partial charge in [-0.3, -0.25) is 4.79 Å². The van der Waals surface area contributed by atoms with Crippen LogP contribution in [0.25, 0.3) is 0 Å². The van der Waals surface area contributed by atoms with Crippen molar-refractivity contribution in [2.24, 2.45) is 5.41 Å². The Morgan fingerprint density at radius 2 is 2.10 bits per heavy atom. The minimum atomic E-state index is 0.0184. The molecular formula is C17H30N2O2. The van der Waals surface area contributed by atoms with Crippen LogP contribution >= 0.6 is 0 Å². The SMILES string of the molecule is CC(C)=CCC1(CO)CCCN(CCN2CCCC2=O)C1. The predicted molar refractivity (Wildman–Crippen MR) is 85.1 cm³/mol. The van der Waals surface area contributed by atoms with Crippen molar-refractivity contribution in [1.29, 1.82) is 0 Å². The summed E-state index contributed by atoms with van der Waals surface area (Å²) in [5.41, 5.74) is 1.34. The van der Waals surface area contributed by atoms with E-state index >= 15 is 0 Å². The van der Waals surface area contributed by atoms with Crippen molar-refractivity contribution in [3.8, 4) is 0 Å². The zero-order chi connectivity index (χ0) is 15.3. The lowest BCUT2D eigenvalue weighted by molar-refractivity contribution is -0.128. The molecule has 2 aliphatic rings. The first-order chi connectivity index (χ1) is 10.0. The zero-order valence-electron chi connectivity index (χ0n) is 13.6. The van der Waals surface area contributed by atoms with E-state index in [4.69, 9.17) is 0 Å². The Kier molecular flexibility index (Phi) is 5.82. The molecule has 0 saturated carbocycles. The number of likely N-dealkylation sites (tertiary alicyclic amines) is 2. The van der Waals surface area contributed by atoms with E-state index in [2.05, 4.69) is 24.8 Å². The lowest BCUT2D eigenvalue weighted by Crippen LogP contribution is -2.47. The van der Waals surface area contributed by atoms with Crippen LogP contribution in [-0.2, 0) is 4.79 Å². The van der Waals surface area contributed by atoms with Gasteiger partial charge in [-0.1, -0.05) is 11.6 Å². The van der Waals surface area contributed by atoms with Gasteiger partial charge in [-0.25, -0.2) is 0 Å². The molecule has 1 amide bonds. The summed E-state index contributed by atoms with van der Waals surface area (Å²) in [5, 5.41) is 9.87. The molecule has 0 spiro atoms. The van der Waals surface area contributed by atoms with Crippen LogP contribution in [0.5, 0.6) is 0 Å². The fourth-order valence-electron chi connectivity index (χ4n) is 3.48. The van der Waals surface area contributed by atoms with Gasteiger partial charge >= 0.3 is 0 Å². The normalized spacial score (nSPS) is 27.2. The van der Waals surface area contributed by atoms with Gasteiger partial charge in [0.1, 0.15) is 0 Å². The van der Waals surface area contributed by atoms with E-state index in [1.165, 1.54) is 5.57 Å². The van der Waals surface area contributed by atoms with Gasteiger partial charge in [0.2, 0.25) is 5.91 Å². The van der Waals surface area contributed by atoms with Crippen LogP contribution in [0.15, 0.2) is 11.6 Å². The lowest BCUT2D eigenvalue weighted by Gasteiger charge is -2.42. The molecule has 4 nitrogen and oxygen atoms in total. The molecule has 4 heteroatoms. The average Bonchev–Trinajstić information content (AvgIpc) is 2.89. The summed E-state index contributed by atoms with van der Waals surface area (Å²) < 4.78 is 0. The smallest absolute Gasteiger partial charge is 0.222 e. The molecule has 1 atom stereocenters. The van der Waals surface area contributed by atoms with Crippen LogP contribution in [0.1, 0.15) is 46.0 Å². The van der Waals surface area contributed by atoms with Gasteiger partial charge in [0, 0.05) is 38.0 Å². The largest absolute Gasteiger partial charge is 0.396 e. The van der Waals surface area contributed by atoms with Crippen molar-refractivity contribution in [1.82, 2.24) is 9.80 Å². The first-order valence-electron chi connectivity index (χ1n) is 8.29. The Labute approximate surface area is 128 Å². The fraction of sp³-hybridized carbons (Fsp3) is 0.824. The van der Waals surface area contributed by atoms with E-state index in [9.17, 15) is 9.90 Å². The summed E-state index contributed by atoms with van der Waals surface area (Å²) >= 11 is 0. The highest BCUT2D eigenvalue weighted by molar-refractivity contribution is 5.78. The molecule has 2 rings (SSSR count). The molecule has 2 aliphatic heterocycles. The molecule has 0 radical (unpaired) electrons. The number of hydrogen-bond donors (Lipinski definition) is 1. The number of aliphatic hydroxyl groups excluding tert-OH is 1. The van der Waals surface area contributed by atoms with Crippen LogP contribution in [0.4, 0.5) is 0 Å².